The molecule has 4 nitrogen and oxygen atoms in total. The maximum atomic E-state index is 3.30. The van der Waals surface area contributed by atoms with Crippen LogP contribution in [0.5, 0.6) is 0 Å². The Hall–Kier alpha value is -0.640. The van der Waals surface area contributed by atoms with Gasteiger partial charge >= 0.3 is 0 Å². The summed E-state index contributed by atoms with van der Waals surface area (Å²) >= 11 is 0. The van der Waals surface area contributed by atoms with Crippen molar-refractivity contribution in [2.24, 2.45) is 14.1 Å². The zero-order chi connectivity index (χ0) is 12.1. The van der Waals surface area contributed by atoms with Gasteiger partial charge < -0.3 is 58.6 Å². The van der Waals surface area contributed by atoms with E-state index in [4.69, 9.17) is 0 Å². The molecular formula is C13H18I2N4. The molecule has 0 saturated carbocycles. The molecule has 2 aromatic heterocycles. The van der Waals surface area contributed by atoms with E-state index in [0.29, 0.717) is 6.67 Å². The van der Waals surface area contributed by atoms with E-state index in [0.717, 1.165) is 11.4 Å². The predicted octanol–water partition coefficient (Wildman–Crippen LogP) is -5.17. The minimum absolute atomic E-state index is 0. The second-order valence-electron chi connectivity index (χ2n) is 4.03. The van der Waals surface area contributed by atoms with Crippen molar-refractivity contribution in [3.05, 3.63) is 49.1 Å². The first kappa shape index (κ1) is 18.4. The normalized spacial score (nSPS) is 8.95. The van der Waals surface area contributed by atoms with Crippen molar-refractivity contribution < 1.29 is 57.1 Å². The summed E-state index contributed by atoms with van der Waals surface area (Å²) in [6, 6.07) is 8.19. The molecule has 6 heteroatoms. The number of aryl methyl sites for hydroxylation is 2. The summed E-state index contributed by atoms with van der Waals surface area (Å²) < 4.78 is 4.02. The lowest BCUT2D eigenvalue weighted by Gasteiger charge is -2.07. The van der Waals surface area contributed by atoms with Gasteiger partial charge in [-0.05, 0) is 0 Å². The maximum absolute atomic E-state index is 3.30. The highest BCUT2D eigenvalue weighted by Gasteiger charge is 1.96. The molecule has 2 rings (SSSR count). The van der Waals surface area contributed by atoms with Gasteiger partial charge in [0, 0.05) is 35.6 Å². The van der Waals surface area contributed by atoms with Gasteiger partial charge in [-0.25, -0.2) is 9.13 Å². The highest BCUT2D eigenvalue weighted by Crippen LogP contribution is 2.04. The number of hydrogen-bond donors (Lipinski definition) is 2. The van der Waals surface area contributed by atoms with Crippen molar-refractivity contribution >= 4 is 11.4 Å². The number of rotatable bonds is 4. The summed E-state index contributed by atoms with van der Waals surface area (Å²) in [6.07, 6.45) is 8.07. The number of pyridine rings is 2. The molecule has 0 saturated heterocycles. The Balaban J connectivity index is 0.00000162. The minimum atomic E-state index is 0. The van der Waals surface area contributed by atoms with E-state index < -0.39 is 0 Å². The minimum Gasteiger partial charge on any atom is -1.00 e. The number of nitrogens with one attached hydrogen (secondary N) is 2. The lowest BCUT2D eigenvalue weighted by molar-refractivity contribution is -0.671. The molecule has 0 aliphatic heterocycles. The Morgan fingerprint density at radius 3 is 1.37 bits per heavy atom. The van der Waals surface area contributed by atoms with Gasteiger partial charge in [0.1, 0.15) is 14.1 Å². The topological polar surface area (TPSA) is 31.8 Å². The molecule has 0 spiro atoms. The molecule has 0 radical (unpaired) electrons. The molecule has 0 atom stereocenters. The van der Waals surface area contributed by atoms with E-state index in [1.807, 2.05) is 72.3 Å². The van der Waals surface area contributed by atoms with E-state index >= 15 is 0 Å². The summed E-state index contributed by atoms with van der Waals surface area (Å²) in [6.45, 7) is 0.710. The zero-order valence-electron chi connectivity index (χ0n) is 11.0. The molecule has 0 unspecified atom stereocenters. The number of anilines is 2. The van der Waals surface area contributed by atoms with Crippen molar-refractivity contribution in [2.45, 2.75) is 0 Å². The van der Waals surface area contributed by atoms with Gasteiger partial charge in [-0.1, -0.05) is 0 Å². The van der Waals surface area contributed by atoms with Gasteiger partial charge in [0.05, 0.1) is 6.67 Å². The standard InChI is InChI=1S/C13H16N4.2HI/c1-16-7-3-12(4-8-16)14-11-15-13-5-9-17(2)10-6-13;;/h3-10H,11H2,1-2H3;2*1H. The molecule has 0 bridgehead atoms. The van der Waals surface area contributed by atoms with Crippen LogP contribution in [0.2, 0.25) is 0 Å². The summed E-state index contributed by atoms with van der Waals surface area (Å²) in [5, 5.41) is 6.61. The highest BCUT2D eigenvalue weighted by atomic mass is 127. The van der Waals surface area contributed by atoms with Gasteiger partial charge in [-0.2, -0.15) is 0 Å². The van der Waals surface area contributed by atoms with Crippen LogP contribution < -0.4 is 67.7 Å². The molecule has 0 aromatic carbocycles. The van der Waals surface area contributed by atoms with Gasteiger partial charge in [-0.15, -0.1) is 0 Å². The van der Waals surface area contributed by atoms with E-state index in [2.05, 4.69) is 10.6 Å². The number of nitrogens with zero attached hydrogens (tertiary/aromatic N) is 2. The van der Waals surface area contributed by atoms with Crippen molar-refractivity contribution in [3.63, 3.8) is 0 Å². The van der Waals surface area contributed by atoms with Crippen LogP contribution in [0.3, 0.4) is 0 Å². The first-order chi connectivity index (χ1) is 8.24. The third-order valence-electron chi connectivity index (χ3n) is 2.54. The predicted molar refractivity (Wildman–Crippen MR) is 67.3 cm³/mol. The fourth-order valence-electron chi connectivity index (χ4n) is 1.49. The molecule has 0 aliphatic rings. The Morgan fingerprint density at radius 1 is 0.737 bits per heavy atom. The molecular weight excluding hydrogens is 466 g/mol. The fourth-order valence-corrected chi connectivity index (χ4v) is 1.49. The molecule has 0 fully saturated rings. The summed E-state index contributed by atoms with van der Waals surface area (Å²) in [5.41, 5.74) is 2.22. The third-order valence-corrected chi connectivity index (χ3v) is 2.54. The number of aromatic nitrogens is 2. The smallest absolute Gasteiger partial charge is 0.170 e. The van der Waals surface area contributed by atoms with Crippen molar-refractivity contribution in [3.8, 4) is 0 Å². The quantitative estimate of drug-likeness (QED) is 0.259. The zero-order valence-corrected chi connectivity index (χ0v) is 15.3. The highest BCUT2D eigenvalue weighted by molar-refractivity contribution is 5.44. The Morgan fingerprint density at radius 2 is 1.05 bits per heavy atom. The van der Waals surface area contributed by atoms with Crippen LogP contribution in [0.25, 0.3) is 0 Å². The van der Waals surface area contributed by atoms with Gasteiger partial charge in [0.25, 0.3) is 0 Å². The van der Waals surface area contributed by atoms with Gasteiger partial charge in [-0.3, -0.25) is 0 Å². The van der Waals surface area contributed by atoms with Crippen LogP contribution in [-0.2, 0) is 14.1 Å². The second-order valence-corrected chi connectivity index (χ2v) is 4.03. The molecule has 0 amide bonds. The average molecular weight is 484 g/mol. The van der Waals surface area contributed by atoms with E-state index in [9.17, 15) is 0 Å². The van der Waals surface area contributed by atoms with Crippen LogP contribution in [0.15, 0.2) is 49.1 Å². The average Bonchev–Trinajstić information content (AvgIpc) is 2.34. The maximum Gasteiger partial charge on any atom is 0.170 e. The molecule has 2 heterocycles. The van der Waals surface area contributed by atoms with Crippen LogP contribution in [0, 0.1) is 0 Å². The van der Waals surface area contributed by atoms with Gasteiger partial charge in [0.15, 0.2) is 24.8 Å². The first-order valence-electron chi connectivity index (χ1n) is 5.62. The number of hydrogen-bond acceptors (Lipinski definition) is 2. The molecule has 2 N–H and O–H groups in total. The fraction of sp³-hybridized carbons (Fsp3) is 0.231. The summed E-state index contributed by atoms with van der Waals surface area (Å²) in [5.74, 6) is 0. The van der Waals surface area contributed by atoms with Crippen molar-refractivity contribution in [2.75, 3.05) is 17.3 Å². The Bertz CT molecular complexity index is 426. The van der Waals surface area contributed by atoms with Crippen LogP contribution >= 0.6 is 0 Å². The molecule has 0 aliphatic carbocycles. The van der Waals surface area contributed by atoms with Crippen LogP contribution in [-0.4, -0.2) is 6.67 Å². The largest absolute Gasteiger partial charge is 1.00 e. The van der Waals surface area contributed by atoms with E-state index in [1.54, 1.807) is 0 Å². The van der Waals surface area contributed by atoms with Crippen molar-refractivity contribution in [1.29, 1.82) is 0 Å². The molecule has 2 aromatic rings. The Kier molecular flexibility index (Phi) is 8.98. The molecule has 19 heavy (non-hydrogen) atoms. The van der Waals surface area contributed by atoms with E-state index in [-0.39, 0.29) is 48.0 Å². The van der Waals surface area contributed by atoms with Crippen LogP contribution in [0.4, 0.5) is 11.4 Å². The Labute approximate surface area is 148 Å². The first-order valence-corrected chi connectivity index (χ1v) is 5.62. The summed E-state index contributed by atoms with van der Waals surface area (Å²) in [7, 11) is 4.01. The third kappa shape index (κ3) is 6.37. The monoisotopic (exact) mass is 484 g/mol. The lowest BCUT2D eigenvalue weighted by Crippen LogP contribution is -3.00. The molecule has 104 valence electrons. The lowest BCUT2D eigenvalue weighted by atomic mass is 10.4. The SMILES string of the molecule is C[n+]1ccc(NCNc2cc[n+](C)cc2)cc1.[I-].[I-]. The van der Waals surface area contributed by atoms with Crippen molar-refractivity contribution in [1.82, 2.24) is 0 Å². The second kappa shape index (κ2) is 9.29. The summed E-state index contributed by atoms with van der Waals surface area (Å²) in [4.78, 5) is 0. The number of halogens is 2. The van der Waals surface area contributed by atoms with E-state index in [1.165, 1.54) is 0 Å². The van der Waals surface area contributed by atoms with Gasteiger partial charge in [0.2, 0.25) is 0 Å². The van der Waals surface area contributed by atoms with Crippen LogP contribution in [0.1, 0.15) is 0 Å².